The second-order valence-electron chi connectivity index (χ2n) is 7.05. The number of rotatable bonds is 5. The number of piperidine rings is 1. The maximum absolute atomic E-state index is 12.7. The number of carbonyl (C=O) groups excluding carboxylic acids is 1. The molecule has 7 nitrogen and oxygen atoms in total. The molecule has 0 saturated carbocycles. The number of methoxy groups -OCH3 is 1. The van der Waals surface area contributed by atoms with Crippen LogP contribution in [0, 0.1) is 6.92 Å². The van der Waals surface area contributed by atoms with Crippen LogP contribution < -0.4 is 4.74 Å². The molecule has 146 valence electrons. The summed E-state index contributed by atoms with van der Waals surface area (Å²) in [5.41, 5.74) is 1.71. The van der Waals surface area contributed by atoms with Crippen molar-refractivity contribution in [2.45, 2.75) is 32.1 Å². The number of nitrogens with zero attached hydrogens (tertiary/aromatic N) is 3. The van der Waals surface area contributed by atoms with Crippen LogP contribution in [-0.4, -0.2) is 41.0 Å². The fourth-order valence-corrected chi connectivity index (χ4v) is 3.59. The smallest absolute Gasteiger partial charge is 0.291 e. The number of likely N-dealkylation sites (tertiary alicyclic amines) is 1. The molecule has 1 atom stereocenters. The fourth-order valence-electron chi connectivity index (χ4n) is 3.59. The highest BCUT2D eigenvalue weighted by molar-refractivity contribution is 5.92. The van der Waals surface area contributed by atoms with Gasteiger partial charge in [-0.2, -0.15) is 0 Å². The van der Waals surface area contributed by atoms with Gasteiger partial charge in [0, 0.05) is 19.5 Å². The molecule has 0 radical (unpaired) electrons. The quantitative estimate of drug-likeness (QED) is 0.672. The van der Waals surface area contributed by atoms with E-state index in [1.54, 1.807) is 25.1 Å². The van der Waals surface area contributed by atoms with Gasteiger partial charge in [0.2, 0.25) is 5.76 Å². The van der Waals surface area contributed by atoms with E-state index in [2.05, 4.69) is 9.97 Å². The SMILES string of the molecule is COc1cccc(Cc2cnc([C@@H]3CCCN(C(=O)c4ocnc4C)C3)o2)c1. The Morgan fingerprint density at radius 3 is 3.04 bits per heavy atom. The van der Waals surface area contributed by atoms with Crippen molar-refractivity contribution in [3.63, 3.8) is 0 Å². The van der Waals surface area contributed by atoms with Crippen LogP contribution in [0.1, 0.15) is 52.2 Å². The molecule has 0 unspecified atom stereocenters. The molecule has 4 rings (SSSR count). The zero-order chi connectivity index (χ0) is 19.5. The van der Waals surface area contributed by atoms with Crippen LogP contribution in [-0.2, 0) is 6.42 Å². The zero-order valence-corrected chi connectivity index (χ0v) is 16.1. The van der Waals surface area contributed by atoms with Gasteiger partial charge in [0.1, 0.15) is 11.5 Å². The van der Waals surface area contributed by atoms with Crippen molar-refractivity contribution in [3.05, 3.63) is 65.5 Å². The summed E-state index contributed by atoms with van der Waals surface area (Å²) in [4.78, 5) is 23.0. The van der Waals surface area contributed by atoms with Crippen molar-refractivity contribution in [1.29, 1.82) is 0 Å². The van der Waals surface area contributed by atoms with E-state index in [0.717, 1.165) is 29.9 Å². The number of carbonyl (C=O) groups is 1. The highest BCUT2D eigenvalue weighted by Crippen LogP contribution is 2.28. The minimum absolute atomic E-state index is 0.0833. The maximum atomic E-state index is 12.7. The molecule has 1 saturated heterocycles. The largest absolute Gasteiger partial charge is 0.497 e. The average Bonchev–Trinajstić information content (AvgIpc) is 3.37. The topological polar surface area (TPSA) is 81.6 Å². The summed E-state index contributed by atoms with van der Waals surface area (Å²) in [6.45, 7) is 3.04. The normalized spacial score (nSPS) is 16.9. The minimum Gasteiger partial charge on any atom is -0.497 e. The molecule has 2 aromatic heterocycles. The molecule has 1 aliphatic heterocycles. The average molecular weight is 381 g/mol. The molecule has 0 spiro atoms. The van der Waals surface area contributed by atoms with E-state index in [9.17, 15) is 4.79 Å². The summed E-state index contributed by atoms with van der Waals surface area (Å²) in [5, 5.41) is 0. The van der Waals surface area contributed by atoms with Gasteiger partial charge in [0.15, 0.2) is 12.3 Å². The van der Waals surface area contributed by atoms with E-state index in [-0.39, 0.29) is 11.8 Å². The molecule has 3 heterocycles. The van der Waals surface area contributed by atoms with Crippen molar-refractivity contribution in [2.75, 3.05) is 20.2 Å². The number of hydrogen-bond acceptors (Lipinski definition) is 6. The number of benzene rings is 1. The van der Waals surface area contributed by atoms with E-state index >= 15 is 0 Å². The fraction of sp³-hybridized carbons (Fsp3) is 0.381. The summed E-state index contributed by atoms with van der Waals surface area (Å²) in [6.07, 6.45) is 5.57. The molecule has 0 aliphatic carbocycles. The van der Waals surface area contributed by atoms with Crippen LogP contribution >= 0.6 is 0 Å². The summed E-state index contributed by atoms with van der Waals surface area (Å²) in [7, 11) is 1.65. The summed E-state index contributed by atoms with van der Waals surface area (Å²) < 4.78 is 16.5. The molecule has 7 heteroatoms. The molecule has 1 fully saturated rings. The predicted octanol–water partition coefficient (Wildman–Crippen LogP) is 3.59. The molecule has 0 N–H and O–H groups in total. The van der Waals surface area contributed by atoms with Crippen LogP contribution in [0.4, 0.5) is 0 Å². The van der Waals surface area contributed by atoms with Crippen LogP contribution in [0.25, 0.3) is 0 Å². The van der Waals surface area contributed by atoms with Crippen molar-refractivity contribution in [1.82, 2.24) is 14.9 Å². The molecular formula is C21H23N3O4. The Kier molecular flexibility index (Phi) is 5.14. The van der Waals surface area contributed by atoms with Crippen LogP contribution in [0.5, 0.6) is 5.75 Å². The lowest BCUT2D eigenvalue weighted by molar-refractivity contribution is 0.0664. The first-order valence-corrected chi connectivity index (χ1v) is 9.41. The highest BCUT2D eigenvalue weighted by Gasteiger charge is 2.30. The van der Waals surface area contributed by atoms with Crippen molar-refractivity contribution < 1.29 is 18.4 Å². The highest BCUT2D eigenvalue weighted by atomic mass is 16.5. The van der Waals surface area contributed by atoms with Gasteiger partial charge in [-0.25, -0.2) is 9.97 Å². The Hall–Kier alpha value is -3.09. The van der Waals surface area contributed by atoms with Gasteiger partial charge in [-0.1, -0.05) is 12.1 Å². The maximum Gasteiger partial charge on any atom is 0.291 e. The molecule has 0 bridgehead atoms. The first kappa shape index (κ1) is 18.3. The Bertz CT molecular complexity index is 962. The van der Waals surface area contributed by atoms with Crippen LogP contribution in [0.2, 0.25) is 0 Å². The Morgan fingerprint density at radius 1 is 1.36 bits per heavy atom. The van der Waals surface area contributed by atoms with Gasteiger partial charge in [0.05, 0.1) is 24.9 Å². The van der Waals surface area contributed by atoms with E-state index in [0.29, 0.717) is 36.9 Å². The molecule has 1 aliphatic rings. The van der Waals surface area contributed by atoms with E-state index in [4.69, 9.17) is 13.6 Å². The lowest BCUT2D eigenvalue weighted by Gasteiger charge is -2.30. The van der Waals surface area contributed by atoms with E-state index in [1.807, 2.05) is 24.3 Å². The molecule has 3 aromatic rings. The van der Waals surface area contributed by atoms with Crippen molar-refractivity contribution in [2.24, 2.45) is 0 Å². The van der Waals surface area contributed by atoms with Gasteiger partial charge >= 0.3 is 0 Å². The van der Waals surface area contributed by atoms with Crippen molar-refractivity contribution >= 4 is 5.91 Å². The Morgan fingerprint density at radius 2 is 2.25 bits per heavy atom. The van der Waals surface area contributed by atoms with E-state index in [1.165, 1.54) is 6.39 Å². The molecular weight excluding hydrogens is 358 g/mol. The number of amides is 1. The zero-order valence-electron chi connectivity index (χ0n) is 16.1. The number of aryl methyl sites for hydroxylation is 1. The first-order valence-electron chi connectivity index (χ1n) is 9.41. The number of hydrogen-bond donors (Lipinski definition) is 0. The monoisotopic (exact) mass is 381 g/mol. The number of ether oxygens (including phenoxy) is 1. The Balaban J connectivity index is 1.44. The standard InChI is InChI=1S/C21H23N3O4/c1-14-19(27-13-23-14)21(25)24-8-4-6-16(12-24)20-22-11-18(28-20)10-15-5-3-7-17(9-15)26-2/h3,5,7,9,11,13,16H,4,6,8,10,12H2,1-2H3/t16-/m1/s1. The van der Waals surface area contributed by atoms with Crippen LogP contribution in [0.15, 0.2) is 45.7 Å². The van der Waals surface area contributed by atoms with Gasteiger partial charge in [0.25, 0.3) is 5.91 Å². The minimum atomic E-state index is -0.122. The summed E-state index contributed by atoms with van der Waals surface area (Å²) in [6, 6.07) is 7.90. The summed E-state index contributed by atoms with van der Waals surface area (Å²) in [5.74, 6) is 2.58. The lowest BCUT2D eigenvalue weighted by Crippen LogP contribution is -2.39. The molecule has 1 aromatic carbocycles. The molecule has 1 amide bonds. The first-order chi connectivity index (χ1) is 13.6. The van der Waals surface area contributed by atoms with Gasteiger partial charge in [-0.3, -0.25) is 4.79 Å². The lowest BCUT2D eigenvalue weighted by atomic mass is 9.97. The predicted molar refractivity (Wildman–Crippen MR) is 101 cm³/mol. The third-order valence-corrected chi connectivity index (χ3v) is 5.08. The van der Waals surface area contributed by atoms with E-state index < -0.39 is 0 Å². The van der Waals surface area contributed by atoms with Gasteiger partial charge < -0.3 is 18.5 Å². The summed E-state index contributed by atoms with van der Waals surface area (Å²) >= 11 is 0. The molecule has 28 heavy (non-hydrogen) atoms. The number of aromatic nitrogens is 2. The van der Waals surface area contributed by atoms with Crippen molar-refractivity contribution in [3.8, 4) is 5.75 Å². The van der Waals surface area contributed by atoms with Gasteiger partial charge in [-0.05, 0) is 37.5 Å². The second kappa shape index (κ2) is 7.88. The van der Waals surface area contributed by atoms with Gasteiger partial charge in [-0.15, -0.1) is 0 Å². The third-order valence-electron chi connectivity index (χ3n) is 5.08. The number of oxazole rings is 2. The second-order valence-corrected chi connectivity index (χ2v) is 7.05. The third kappa shape index (κ3) is 3.78. The Labute approximate surface area is 163 Å². The van der Waals surface area contributed by atoms with Crippen LogP contribution in [0.3, 0.4) is 0 Å².